The van der Waals surface area contributed by atoms with Crippen molar-refractivity contribution in [2.45, 2.75) is 57.8 Å². The van der Waals surface area contributed by atoms with Crippen molar-refractivity contribution in [3.63, 3.8) is 0 Å². The molecule has 7 heteroatoms. The number of ketones is 1. The van der Waals surface area contributed by atoms with E-state index in [1.165, 1.54) is 0 Å². The van der Waals surface area contributed by atoms with E-state index in [1.807, 2.05) is 20.8 Å². The highest BCUT2D eigenvalue weighted by Gasteiger charge is 2.26. The molecule has 0 aromatic carbocycles. The third-order valence-electron chi connectivity index (χ3n) is 3.22. The fraction of sp³-hybridized carbons (Fsp3) is 0.867. The zero-order valence-corrected chi connectivity index (χ0v) is 13.8. The van der Waals surface area contributed by atoms with Crippen LogP contribution in [0.15, 0.2) is 0 Å². The Hall–Kier alpha value is -1.18. The van der Waals surface area contributed by atoms with Crippen molar-refractivity contribution in [2.24, 2.45) is 5.73 Å². The first-order valence-corrected chi connectivity index (χ1v) is 7.88. The van der Waals surface area contributed by atoms with Gasteiger partial charge in [-0.2, -0.15) is 0 Å². The van der Waals surface area contributed by atoms with Gasteiger partial charge in [-0.25, -0.2) is 4.79 Å². The molecule has 1 rings (SSSR count). The summed E-state index contributed by atoms with van der Waals surface area (Å²) in [6, 6.07) is -0.508. The third kappa shape index (κ3) is 7.72. The molecule has 1 saturated heterocycles. The Labute approximate surface area is 132 Å². The fourth-order valence-electron chi connectivity index (χ4n) is 2.12. The second-order valence-electron chi connectivity index (χ2n) is 6.50. The Kier molecular flexibility index (Phi) is 7.78. The van der Waals surface area contributed by atoms with Crippen LogP contribution in [0.4, 0.5) is 4.79 Å². The summed E-state index contributed by atoms with van der Waals surface area (Å²) in [6.45, 7) is 7.82. The quantitative estimate of drug-likeness (QED) is 0.593. The van der Waals surface area contributed by atoms with Crippen molar-refractivity contribution in [1.29, 1.82) is 0 Å². The largest absolute Gasteiger partial charge is 0.444 e. The van der Waals surface area contributed by atoms with Crippen LogP contribution in [-0.2, 0) is 14.3 Å². The molecule has 1 aliphatic rings. The topological polar surface area (TPSA) is 103 Å². The molecule has 22 heavy (non-hydrogen) atoms. The summed E-state index contributed by atoms with van der Waals surface area (Å²) in [5, 5.41) is 5.80. The van der Waals surface area contributed by atoms with Crippen molar-refractivity contribution in [3.8, 4) is 0 Å². The van der Waals surface area contributed by atoms with Gasteiger partial charge >= 0.3 is 6.09 Å². The Bertz CT molecular complexity index is 362. The first kappa shape index (κ1) is 18.9. The third-order valence-corrected chi connectivity index (χ3v) is 3.22. The minimum Gasteiger partial charge on any atom is -0.444 e. The highest BCUT2D eigenvalue weighted by atomic mass is 16.6. The lowest BCUT2D eigenvalue weighted by Crippen LogP contribution is -2.49. The van der Waals surface area contributed by atoms with Crippen LogP contribution in [-0.4, -0.2) is 55.9 Å². The Morgan fingerprint density at radius 2 is 2.14 bits per heavy atom. The van der Waals surface area contributed by atoms with Gasteiger partial charge in [0, 0.05) is 19.6 Å². The highest BCUT2D eigenvalue weighted by Crippen LogP contribution is 2.08. The van der Waals surface area contributed by atoms with E-state index >= 15 is 0 Å². The molecule has 1 amide bonds. The molecule has 2 unspecified atom stereocenters. The number of ether oxygens (including phenoxy) is 2. The Morgan fingerprint density at radius 1 is 1.41 bits per heavy atom. The smallest absolute Gasteiger partial charge is 0.407 e. The number of morpholine rings is 1. The number of alkyl carbamates (subject to hydrolysis) is 1. The summed E-state index contributed by atoms with van der Waals surface area (Å²) in [4.78, 5) is 23.5. The lowest BCUT2D eigenvalue weighted by molar-refractivity contribution is -0.133. The van der Waals surface area contributed by atoms with Gasteiger partial charge in [0.1, 0.15) is 11.7 Å². The number of hydrogen-bond acceptors (Lipinski definition) is 6. The predicted octanol–water partition coefficient (Wildman–Crippen LogP) is 0.566. The van der Waals surface area contributed by atoms with Crippen LogP contribution in [0.2, 0.25) is 0 Å². The van der Waals surface area contributed by atoms with Crippen LogP contribution in [0.1, 0.15) is 40.0 Å². The van der Waals surface area contributed by atoms with E-state index < -0.39 is 23.8 Å². The predicted molar refractivity (Wildman–Crippen MR) is 83.7 cm³/mol. The molecular formula is C15H29N3O4. The van der Waals surface area contributed by atoms with E-state index in [4.69, 9.17) is 15.2 Å². The molecule has 0 spiro atoms. The Morgan fingerprint density at radius 3 is 2.73 bits per heavy atom. The average Bonchev–Trinajstić information content (AvgIpc) is 2.45. The molecule has 0 aromatic heterocycles. The number of rotatable bonds is 7. The fourth-order valence-corrected chi connectivity index (χ4v) is 2.12. The molecule has 0 radical (unpaired) electrons. The van der Waals surface area contributed by atoms with Gasteiger partial charge in [-0.1, -0.05) is 0 Å². The molecule has 0 saturated carbocycles. The average molecular weight is 315 g/mol. The van der Waals surface area contributed by atoms with E-state index in [0.717, 1.165) is 19.4 Å². The van der Waals surface area contributed by atoms with E-state index in [2.05, 4.69) is 10.6 Å². The first-order chi connectivity index (χ1) is 10.3. The van der Waals surface area contributed by atoms with Crippen molar-refractivity contribution < 1.29 is 19.1 Å². The first-order valence-electron chi connectivity index (χ1n) is 7.88. The van der Waals surface area contributed by atoms with E-state index in [9.17, 15) is 9.59 Å². The second kappa shape index (κ2) is 9.07. The maximum atomic E-state index is 12.0. The van der Waals surface area contributed by atoms with E-state index in [0.29, 0.717) is 26.1 Å². The molecule has 1 heterocycles. The lowest BCUT2D eigenvalue weighted by Gasteiger charge is -2.24. The van der Waals surface area contributed by atoms with Gasteiger partial charge in [0.05, 0.1) is 12.6 Å². The van der Waals surface area contributed by atoms with Crippen molar-refractivity contribution in [1.82, 2.24) is 10.6 Å². The maximum absolute atomic E-state index is 12.0. The SMILES string of the molecule is CC(C)(C)OC(=O)NCCCCC(N)C(=O)C1CNCCO1. The summed E-state index contributed by atoms with van der Waals surface area (Å²) in [6.07, 6.45) is 1.26. The number of nitrogens with one attached hydrogen (secondary N) is 2. The molecular weight excluding hydrogens is 286 g/mol. The summed E-state index contributed by atoms with van der Waals surface area (Å²) in [5.74, 6) is -0.0488. The lowest BCUT2D eigenvalue weighted by atomic mass is 10.0. The number of carbonyl (C=O) groups is 2. The number of nitrogens with two attached hydrogens (primary N) is 1. The molecule has 1 fully saturated rings. The number of Topliss-reactive ketones (excluding diaryl/α,β-unsaturated/α-hetero) is 1. The zero-order chi connectivity index (χ0) is 16.6. The molecule has 7 nitrogen and oxygen atoms in total. The minimum absolute atomic E-state index is 0.0488. The van der Waals surface area contributed by atoms with Crippen molar-refractivity contribution >= 4 is 11.9 Å². The molecule has 0 aromatic rings. The number of amides is 1. The number of unbranched alkanes of at least 4 members (excludes halogenated alkanes) is 1. The monoisotopic (exact) mass is 315 g/mol. The normalized spacial score (nSPS) is 20.3. The van der Waals surface area contributed by atoms with Gasteiger partial charge in [-0.05, 0) is 40.0 Å². The number of carbonyl (C=O) groups excluding carboxylic acids is 2. The van der Waals surface area contributed by atoms with Gasteiger partial charge < -0.3 is 25.8 Å². The van der Waals surface area contributed by atoms with Gasteiger partial charge in [0.2, 0.25) is 0 Å². The maximum Gasteiger partial charge on any atom is 0.407 e. The molecule has 128 valence electrons. The molecule has 2 atom stereocenters. The van der Waals surface area contributed by atoms with Crippen LogP contribution >= 0.6 is 0 Å². The number of hydrogen-bond donors (Lipinski definition) is 3. The second-order valence-corrected chi connectivity index (χ2v) is 6.50. The Balaban J connectivity index is 2.10. The molecule has 1 aliphatic heterocycles. The highest BCUT2D eigenvalue weighted by molar-refractivity contribution is 5.88. The van der Waals surface area contributed by atoms with Gasteiger partial charge in [0.15, 0.2) is 5.78 Å². The van der Waals surface area contributed by atoms with Crippen molar-refractivity contribution in [2.75, 3.05) is 26.2 Å². The summed E-state index contributed by atoms with van der Waals surface area (Å²) in [5.41, 5.74) is 5.41. The van der Waals surface area contributed by atoms with E-state index in [-0.39, 0.29) is 5.78 Å². The van der Waals surface area contributed by atoms with Crippen molar-refractivity contribution in [3.05, 3.63) is 0 Å². The molecule has 4 N–H and O–H groups in total. The molecule has 0 aliphatic carbocycles. The standard InChI is InChI=1S/C15H29N3O4/c1-15(2,3)22-14(20)18-7-5-4-6-11(16)13(19)12-10-17-8-9-21-12/h11-12,17H,4-10,16H2,1-3H3,(H,18,20). The van der Waals surface area contributed by atoms with Crippen LogP contribution in [0.25, 0.3) is 0 Å². The van der Waals surface area contributed by atoms with Crippen LogP contribution in [0.3, 0.4) is 0 Å². The van der Waals surface area contributed by atoms with Gasteiger partial charge in [-0.3, -0.25) is 4.79 Å². The van der Waals surface area contributed by atoms with Crippen LogP contribution in [0, 0.1) is 0 Å². The van der Waals surface area contributed by atoms with Gasteiger partial charge in [0.25, 0.3) is 0 Å². The molecule has 0 bridgehead atoms. The van der Waals surface area contributed by atoms with Gasteiger partial charge in [-0.15, -0.1) is 0 Å². The minimum atomic E-state index is -0.508. The van der Waals surface area contributed by atoms with Crippen LogP contribution in [0.5, 0.6) is 0 Å². The zero-order valence-electron chi connectivity index (χ0n) is 13.8. The summed E-state index contributed by atoms with van der Waals surface area (Å²) >= 11 is 0. The van der Waals surface area contributed by atoms with Crippen LogP contribution < -0.4 is 16.4 Å². The van der Waals surface area contributed by atoms with E-state index in [1.54, 1.807) is 0 Å². The summed E-state index contributed by atoms with van der Waals surface area (Å²) in [7, 11) is 0. The summed E-state index contributed by atoms with van der Waals surface area (Å²) < 4.78 is 10.5.